The molecule has 2 N–H and O–H groups in total. The van der Waals surface area contributed by atoms with E-state index in [1.54, 1.807) is 19.2 Å². The molecule has 4 heteroatoms. The molecule has 0 bridgehead atoms. The fraction of sp³-hybridized carbons (Fsp3) is 0.200. The van der Waals surface area contributed by atoms with E-state index in [4.69, 9.17) is 10.5 Å². The summed E-state index contributed by atoms with van der Waals surface area (Å²) in [5.74, 6) is 0.551. The van der Waals surface area contributed by atoms with Gasteiger partial charge in [0, 0.05) is 11.8 Å². The highest BCUT2D eigenvalue weighted by Gasteiger charge is 2.03. The first kappa shape index (κ1) is 8.74. The highest BCUT2D eigenvalue weighted by Crippen LogP contribution is 2.20. The van der Waals surface area contributed by atoms with Crippen molar-refractivity contribution in [1.82, 2.24) is 9.97 Å². The Morgan fingerprint density at radius 2 is 2.07 bits per heavy atom. The Morgan fingerprint density at radius 1 is 1.29 bits per heavy atom. The Kier molecular flexibility index (Phi) is 1.96. The first-order valence-electron chi connectivity index (χ1n) is 4.28. The molecule has 0 aliphatic rings. The topological polar surface area (TPSA) is 61.0 Å². The maximum atomic E-state index is 5.82. The quantitative estimate of drug-likeness (QED) is 0.739. The molecule has 0 radical (unpaired) electrons. The summed E-state index contributed by atoms with van der Waals surface area (Å²) in [7, 11) is 1.58. The van der Waals surface area contributed by atoms with Crippen molar-refractivity contribution < 1.29 is 4.74 Å². The van der Waals surface area contributed by atoms with Crippen molar-refractivity contribution in [3.63, 3.8) is 0 Å². The van der Waals surface area contributed by atoms with Gasteiger partial charge < -0.3 is 10.5 Å². The van der Waals surface area contributed by atoms with E-state index in [0.717, 1.165) is 11.2 Å². The number of nitrogens with zero attached hydrogens (tertiary/aromatic N) is 2. The first-order valence-corrected chi connectivity index (χ1v) is 4.28. The second kappa shape index (κ2) is 3.14. The Hall–Kier alpha value is -1.84. The second-order valence-electron chi connectivity index (χ2n) is 3.07. The predicted octanol–water partition coefficient (Wildman–Crippen LogP) is 1.53. The molecule has 0 aliphatic carbocycles. The molecule has 4 nitrogen and oxygen atoms in total. The van der Waals surface area contributed by atoms with E-state index in [0.29, 0.717) is 17.1 Å². The lowest BCUT2D eigenvalue weighted by Gasteiger charge is -2.04. The summed E-state index contributed by atoms with van der Waals surface area (Å²) in [5.41, 5.74) is 8.83. The van der Waals surface area contributed by atoms with Crippen LogP contribution in [-0.2, 0) is 0 Å². The highest BCUT2D eigenvalue weighted by atomic mass is 16.5. The Bertz CT molecular complexity index is 482. The SMILES string of the molecule is COc1ccc2nc(C)cc(N)c2n1. The van der Waals surface area contributed by atoms with Crippen LogP contribution in [0.25, 0.3) is 11.0 Å². The molecule has 2 aromatic heterocycles. The van der Waals surface area contributed by atoms with Crippen LogP contribution >= 0.6 is 0 Å². The number of anilines is 1. The Morgan fingerprint density at radius 3 is 2.79 bits per heavy atom. The molecular weight excluding hydrogens is 178 g/mol. The van der Waals surface area contributed by atoms with E-state index < -0.39 is 0 Å². The van der Waals surface area contributed by atoms with Crippen molar-refractivity contribution in [2.75, 3.05) is 12.8 Å². The zero-order chi connectivity index (χ0) is 10.1. The molecule has 2 heterocycles. The Labute approximate surface area is 81.7 Å². The van der Waals surface area contributed by atoms with Crippen molar-refractivity contribution in [1.29, 1.82) is 0 Å². The number of nitrogens with two attached hydrogens (primary N) is 1. The van der Waals surface area contributed by atoms with Crippen LogP contribution in [0, 0.1) is 6.92 Å². The van der Waals surface area contributed by atoms with Crippen LogP contribution in [-0.4, -0.2) is 17.1 Å². The zero-order valence-electron chi connectivity index (χ0n) is 8.11. The van der Waals surface area contributed by atoms with Gasteiger partial charge in [0.1, 0.15) is 5.52 Å². The van der Waals surface area contributed by atoms with Crippen LogP contribution in [0.3, 0.4) is 0 Å². The largest absolute Gasteiger partial charge is 0.481 e. The van der Waals surface area contributed by atoms with Gasteiger partial charge in [0.15, 0.2) is 0 Å². The maximum absolute atomic E-state index is 5.82. The lowest BCUT2D eigenvalue weighted by atomic mass is 10.2. The third kappa shape index (κ3) is 1.35. The molecule has 0 amide bonds. The van der Waals surface area contributed by atoms with Gasteiger partial charge in [-0.1, -0.05) is 0 Å². The van der Waals surface area contributed by atoms with Gasteiger partial charge >= 0.3 is 0 Å². The molecule has 2 aromatic rings. The number of aromatic nitrogens is 2. The summed E-state index contributed by atoms with van der Waals surface area (Å²) >= 11 is 0. The number of fused-ring (bicyclic) bond motifs is 1. The smallest absolute Gasteiger partial charge is 0.213 e. The molecule has 2 rings (SSSR count). The molecule has 0 fully saturated rings. The van der Waals surface area contributed by atoms with Gasteiger partial charge in [-0.05, 0) is 19.1 Å². The van der Waals surface area contributed by atoms with E-state index in [9.17, 15) is 0 Å². The van der Waals surface area contributed by atoms with Gasteiger partial charge in [0.2, 0.25) is 5.88 Å². The number of hydrogen-bond donors (Lipinski definition) is 1. The van der Waals surface area contributed by atoms with Crippen molar-refractivity contribution in [3.05, 3.63) is 23.9 Å². The molecule has 0 saturated heterocycles. The number of rotatable bonds is 1. The van der Waals surface area contributed by atoms with E-state index >= 15 is 0 Å². The molecule has 0 saturated carbocycles. The third-order valence-electron chi connectivity index (χ3n) is 1.99. The highest BCUT2D eigenvalue weighted by molar-refractivity contribution is 5.86. The van der Waals surface area contributed by atoms with E-state index in [-0.39, 0.29) is 0 Å². The fourth-order valence-corrected chi connectivity index (χ4v) is 1.37. The minimum atomic E-state index is 0.551. The van der Waals surface area contributed by atoms with Crippen LogP contribution in [0.1, 0.15) is 5.69 Å². The molecule has 14 heavy (non-hydrogen) atoms. The fourth-order valence-electron chi connectivity index (χ4n) is 1.37. The molecule has 72 valence electrons. The third-order valence-corrected chi connectivity index (χ3v) is 1.99. The average Bonchev–Trinajstić information content (AvgIpc) is 2.17. The van der Waals surface area contributed by atoms with Crippen LogP contribution in [0.5, 0.6) is 5.88 Å². The summed E-state index contributed by atoms with van der Waals surface area (Å²) in [4.78, 5) is 8.54. The number of aryl methyl sites for hydroxylation is 1. The van der Waals surface area contributed by atoms with Crippen molar-refractivity contribution >= 4 is 16.7 Å². The van der Waals surface area contributed by atoms with Gasteiger partial charge in [-0.15, -0.1) is 0 Å². The van der Waals surface area contributed by atoms with Crippen molar-refractivity contribution in [2.24, 2.45) is 0 Å². The van der Waals surface area contributed by atoms with Crippen LogP contribution < -0.4 is 10.5 Å². The van der Waals surface area contributed by atoms with Crippen molar-refractivity contribution in [3.8, 4) is 5.88 Å². The van der Waals surface area contributed by atoms with Crippen LogP contribution in [0.2, 0.25) is 0 Å². The number of nitrogen functional groups attached to an aromatic ring is 1. The molecular formula is C10H11N3O. The first-order chi connectivity index (χ1) is 6.70. The lowest BCUT2D eigenvalue weighted by Crippen LogP contribution is -1.95. The summed E-state index contributed by atoms with van der Waals surface area (Å²) < 4.78 is 5.01. The monoisotopic (exact) mass is 189 g/mol. The normalized spacial score (nSPS) is 10.4. The average molecular weight is 189 g/mol. The number of ether oxygens (including phenoxy) is 1. The zero-order valence-corrected chi connectivity index (χ0v) is 8.11. The van der Waals surface area contributed by atoms with Crippen LogP contribution in [0.15, 0.2) is 18.2 Å². The van der Waals surface area contributed by atoms with Crippen LogP contribution in [0.4, 0.5) is 5.69 Å². The molecule has 0 aromatic carbocycles. The van der Waals surface area contributed by atoms with Gasteiger partial charge in [0.05, 0.1) is 18.3 Å². The summed E-state index contributed by atoms with van der Waals surface area (Å²) in [5, 5.41) is 0. The minimum absolute atomic E-state index is 0.551. The predicted molar refractivity (Wildman–Crippen MR) is 55.2 cm³/mol. The Balaban J connectivity index is 2.75. The minimum Gasteiger partial charge on any atom is -0.481 e. The van der Waals surface area contributed by atoms with Gasteiger partial charge in [-0.25, -0.2) is 4.98 Å². The molecule has 0 spiro atoms. The molecule has 0 unspecified atom stereocenters. The summed E-state index contributed by atoms with van der Waals surface area (Å²) in [6.45, 7) is 1.90. The summed E-state index contributed by atoms with van der Waals surface area (Å²) in [6.07, 6.45) is 0. The van der Waals surface area contributed by atoms with Crippen molar-refractivity contribution in [2.45, 2.75) is 6.92 Å². The lowest BCUT2D eigenvalue weighted by molar-refractivity contribution is 0.399. The molecule has 0 atom stereocenters. The summed E-state index contributed by atoms with van der Waals surface area (Å²) in [6, 6.07) is 5.42. The van der Waals surface area contributed by atoms with Gasteiger partial charge in [-0.2, -0.15) is 0 Å². The van der Waals surface area contributed by atoms with Gasteiger partial charge in [0.25, 0.3) is 0 Å². The van der Waals surface area contributed by atoms with Gasteiger partial charge in [-0.3, -0.25) is 4.98 Å². The van der Waals surface area contributed by atoms with E-state index in [2.05, 4.69) is 9.97 Å². The van der Waals surface area contributed by atoms with E-state index in [1.807, 2.05) is 13.0 Å². The molecule has 0 aliphatic heterocycles. The standard InChI is InChI=1S/C10H11N3O/c1-6-5-7(11)10-8(12-6)3-4-9(13-10)14-2/h3-5H,1-2H3,(H2,11,12). The van der Waals surface area contributed by atoms with E-state index in [1.165, 1.54) is 0 Å². The maximum Gasteiger partial charge on any atom is 0.213 e. The number of pyridine rings is 2. The number of methoxy groups -OCH3 is 1. The second-order valence-corrected chi connectivity index (χ2v) is 3.07. The number of hydrogen-bond acceptors (Lipinski definition) is 4.